The molecule has 138 valence electrons. The maximum Gasteiger partial charge on any atom is 0.0577 e. The summed E-state index contributed by atoms with van der Waals surface area (Å²) in [4.78, 5) is 0. The monoisotopic (exact) mass is 340 g/mol. The van der Waals surface area contributed by atoms with Crippen LogP contribution >= 0.6 is 0 Å². The number of fused-ring (bicyclic) bond motifs is 2. The molecule has 1 aromatic carbocycles. The smallest absolute Gasteiger partial charge is 0.0577 e. The maximum atomic E-state index is 5.92. The molecule has 0 spiro atoms. The lowest BCUT2D eigenvalue weighted by Crippen LogP contribution is -2.33. The molecule has 5 atom stereocenters. The number of hydrogen-bond donors (Lipinski definition) is 0. The summed E-state index contributed by atoms with van der Waals surface area (Å²) in [5, 5.41) is 0. The normalized spacial score (nSPS) is 35.0. The van der Waals surface area contributed by atoms with Crippen LogP contribution < -0.4 is 0 Å². The van der Waals surface area contributed by atoms with E-state index < -0.39 is 0 Å². The van der Waals surface area contributed by atoms with Crippen molar-refractivity contribution in [3.8, 4) is 0 Å². The Labute approximate surface area is 154 Å². The summed E-state index contributed by atoms with van der Waals surface area (Å²) in [5.41, 5.74) is 4.97. The average Bonchev–Trinajstić information content (AvgIpc) is 2.67. The van der Waals surface area contributed by atoms with Crippen LogP contribution in [-0.2, 0) is 17.6 Å². The van der Waals surface area contributed by atoms with Crippen molar-refractivity contribution >= 4 is 0 Å². The second-order valence-electron chi connectivity index (χ2n) is 8.97. The standard InChI is InChI=1S/C24H36O/c1-3-17-5-6-19-14-20(8-7-18(19)13-17)21-9-10-23-16-24(25-4-2)12-11-22(23)15-21/h7-8,14,17,21-24H,3-6,9-13,15-16H2,1-2H3. The van der Waals surface area contributed by atoms with Gasteiger partial charge in [0.2, 0.25) is 0 Å². The van der Waals surface area contributed by atoms with Crippen LogP contribution in [-0.4, -0.2) is 12.7 Å². The Balaban J connectivity index is 1.41. The Bertz CT molecular complexity index is 577. The molecule has 2 fully saturated rings. The molecule has 0 heterocycles. The summed E-state index contributed by atoms with van der Waals surface area (Å²) in [6, 6.07) is 7.55. The molecule has 0 amide bonds. The van der Waals surface area contributed by atoms with E-state index in [9.17, 15) is 0 Å². The van der Waals surface area contributed by atoms with Crippen molar-refractivity contribution in [1.29, 1.82) is 0 Å². The summed E-state index contributed by atoms with van der Waals surface area (Å²) in [5.74, 6) is 3.63. The highest BCUT2D eigenvalue weighted by molar-refractivity contribution is 5.36. The van der Waals surface area contributed by atoms with Gasteiger partial charge in [-0.15, -0.1) is 0 Å². The van der Waals surface area contributed by atoms with E-state index in [0.29, 0.717) is 6.10 Å². The summed E-state index contributed by atoms with van der Waals surface area (Å²) >= 11 is 0. The Morgan fingerprint density at radius 3 is 2.60 bits per heavy atom. The van der Waals surface area contributed by atoms with Crippen molar-refractivity contribution in [3.05, 3.63) is 34.9 Å². The second-order valence-corrected chi connectivity index (χ2v) is 8.97. The van der Waals surface area contributed by atoms with Gasteiger partial charge in [-0.25, -0.2) is 0 Å². The zero-order valence-corrected chi connectivity index (χ0v) is 16.3. The Hall–Kier alpha value is -0.820. The number of aryl methyl sites for hydroxylation is 1. The van der Waals surface area contributed by atoms with Crippen molar-refractivity contribution in [2.75, 3.05) is 6.61 Å². The van der Waals surface area contributed by atoms with Gasteiger partial charge in [0.15, 0.2) is 0 Å². The van der Waals surface area contributed by atoms with Crippen molar-refractivity contribution < 1.29 is 4.74 Å². The molecule has 25 heavy (non-hydrogen) atoms. The van der Waals surface area contributed by atoms with Gasteiger partial charge in [-0.2, -0.15) is 0 Å². The Morgan fingerprint density at radius 1 is 0.920 bits per heavy atom. The Kier molecular flexibility index (Phi) is 5.50. The fourth-order valence-corrected chi connectivity index (χ4v) is 5.99. The average molecular weight is 341 g/mol. The highest BCUT2D eigenvalue weighted by Gasteiger charge is 2.36. The molecule has 0 saturated heterocycles. The SMILES string of the molecule is CCOC1CCC2CC(c3ccc4c(c3)CCC(CC)C4)CCC2C1. The van der Waals surface area contributed by atoms with Crippen LogP contribution in [0.2, 0.25) is 0 Å². The number of hydrogen-bond acceptors (Lipinski definition) is 1. The van der Waals surface area contributed by atoms with E-state index in [0.717, 1.165) is 30.3 Å². The van der Waals surface area contributed by atoms with E-state index >= 15 is 0 Å². The molecule has 0 bridgehead atoms. The lowest BCUT2D eigenvalue weighted by molar-refractivity contribution is -0.00955. The zero-order valence-electron chi connectivity index (χ0n) is 16.3. The first-order valence-electron chi connectivity index (χ1n) is 11.0. The Morgan fingerprint density at radius 2 is 1.76 bits per heavy atom. The molecule has 5 unspecified atom stereocenters. The van der Waals surface area contributed by atoms with Crippen molar-refractivity contribution in [2.45, 2.75) is 90.1 Å². The first-order chi connectivity index (χ1) is 12.3. The zero-order chi connectivity index (χ0) is 17.2. The molecule has 0 aromatic heterocycles. The fraction of sp³-hybridized carbons (Fsp3) is 0.750. The first-order valence-corrected chi connectivity index (χ1v) is 11.0. The van der Waals surface area contributed by atoms with Gasteiger partial charge in [0.05, 0.1) is 6.10 Å². The van der Waals surface area contributed by atoms with Crippen molar-refractivity contribution in [3.63, 3.8) is 0 Å². The van der Waals surface area contributed by atoms with Gasteiger partial charge in [-0.3, -0.25) is 0 Å². The van der Waals surface area contributed by atoms with E-state index in [1.54, 1.807) is 16.7 Å². The third-order valence-corrected chi connectivity index (χ3v) is 7.58. The predicted molar refractivity (Wildman–Crippen MR) is 105 cm³/mol. The van der Waals surface area contributed by atoms with E-state index in [1.807, 2.05) is 0 Å². The van der Waals surface area contributed by atoms with E-state index in [4.69, 9.17) is 4.74 Å². The van der Waals surface area contributed by atoms with E-state index in [2.05, 4.69) is 32.0 Å². The van der Waals surface area contributed by atoms with E-state index in [1.165, 1.54) is 64.2 Å². The summed E-state index contributed by atoms with van der Waals surface area (Å²) in [6.07, 6.45) is 14.2. The minimum atomic E-state index is 0.554. The third kappa shape index (κ3) is 3.82. The van der Waals surface area contributed by atoms with Gasteiger partial charge in [0.1, 0.15) is 0 Å². The molecule has 3 aliphatic carbocycles. The van der Waals surface area contributed by atoms with Crippen LogP contribution in [0, 0.1) is 17.8 Å². The minimum absolute atomic E-state index is 0.554. The topological polar surface area (TPSA) is 9.23 Å². The molecule has 0 aliphatic heterocycles. The molecule has 1 heteroatoms. The number of benzene rings is 1. The third-order valence-electron chi connectivity index (χ3n) is 7.58. The second kappa shape index (κ2) is 7.82. The van der Waals surface area contributed by atoms with Crippen LogP contribution in [0.3, 0.4) is 0 Å². The maximum absolute atomic E-state index is 5.92. The molecule has 0 radical (unpaired) electrons. The van der Waals surface area contributed by atoms with Crippen molar-refractivity contribution in [2.24, 2.45) is 17.8 Å². The molecule has 0 N–H and O–H groups in total. The molecular formula is C24H36O. The highest BCUT2D eigenvalue weighted by Crippen LogP contribution is 2.47. The van der Waals surface area contributed by atoms with Crippen LogP contribution in [0.25, 0.3) is 0 Å². The van der Waals surface area contributed by atoms with Crippen LogP contribution in [0.1, 0.15) is 87.8 Å². The largest absolute Gasteiger partial charge is 0.378 e. The van der Waals surface area contributed by atoms with E-state index in [-0.39, 0.29) is 0 Å². The first kappa shape index (κ1) is 17.6. The molecule has 3 aliphatic rings. The predicted octanol–water partition coefficient (Wildman–Crippen LogP) is 6.29. The van der Waals surface area contributed by atoms with Gasteiger partial charge in [0.25, 0.3) is 0 Å². The highest BCUT2D eigenvalue weighted by atomic mass is 16.5. The lowest BCUT2D eigenvalue weighted by Gasteiger charge is -2.42. The summed E-state index contributed by atoms with van der Waals surface area (Å²) in [7, 11) is 0. The van der Waals surface area contributed by atoms with Crippen molar-refractivity contribution in [1.82, 2.24) is 0 Å². The van der Waals surface area contributed by atoms with Crippen LogP contribution in [0.15, 0.2) is 18.2 Å². The number of ether oxygens (including phenoxy) is 1. The summed E-state index contributed by atoms with van der Waals surface area (Å²) in [6.45, 7) is 5.38. The molecule has 2 saturated carbocycles. The van der Waals surface area contributed by atoms with Gasteiger partial charge in [-0.1, -0.05) is 31.5 Å². The lowest BCUT2D eigenvalue weighted by atomic mass is 9.65. The molecule has 1 aromatic rings. The van der Waals surface area contributed by atoms with Gasteiger partial charge in [-0.05, 0) is 105 Å². The molecule has 4 rings (SSSR count). The molecular weight excluding hydrogens is 304 g/mol. The van der Waals surface area contributed by atoms with Crippen LogP contribution in [0.4, 0.5) is 0 Å². The van der Waals surface area contributed by atoms with Gasteiger partial charge in [0, 0.05) is 6.61 Å². The molecule has 1 nitrogen and oxygen atoms in total. The van der Waals surface area contributed by atoms with Crippen LogP contribution in [0.5, 0.6) is 0 Å². The quantitative estimate of drug-likeness (QED) is 0.626. The number of rotatable bonds is 4. The van der Waals surface area contributed by atoms with Gasteiger partial charge < -0.3 is 4.74 Å². The minimum Gasteiger partial charge on any atom is -0.378 e. The van der Waals surface area contributed by atoms with Gasteiger partial charge >= 0.3 is 0 Å². The summed E-state index contributed by atoms with van der Waals surface area (Å²) < 4.78 is 5.92. The fourth-order valence-electron chi connectivity index (χ4n) is 5.99.